The molecule has 2 aromatic heterocycles. The molecule has 0 radical (unpaired) electrons. The summed E-state index contributed by atoms with van der Waals surface area (Å²) in [6, 6.07) is 17.2. The molecule has 0 fully saturated rings. The summed E-state index contributed by atoms with van der Waals surface area (Å²) >= 11 is 3.32. The van der Waals surface area contributed by atoms with Gasteiger partial charge in [0.15, 0.2) is 0 Å². The van der Waals surface area contributed by atoms with Crippen molar-refractivity contribution >= 4 is 40.2 Å². The molecular formula is C17H14N2O2S2. The molecule has 1 N–H and O–H groups in total. The number of anilines is 1. The van der Waals surface area contributed by atoms with Gasteiger partial charge in [-0.3, -0.25) is 10.2 Å². The van der Waals surface area contributed by atoms with E-state index in [0.29, 0.717) is 11.4 Å². The topological polar surface area (TPSA) is 50.7 Å². The highest BCUT2D eigenvalue weighted by molar-refractivity contribution is 7.22. The number of thiophene rings is 2. The molecule has 0 spiro atoms. The van der Waals surface area contributed by atoms with Crippen molar-refractivity contribution in [2.24, 2.45) is 5.16 Å². The molecule has 0 saturated carbocycles. The molecule has 1 amide bonds. The zero-order valence-electron chi connectivity index (χ0n) is 12.4. The Morgan fingerprint density at radius 3 is 2.61 bits per heavy atom. The van der Waals surface area contributed by atoms with Gasteiger partial charge in [0.2, 0.25) is 0 Å². The molecule has 0 aliphatic carbocycles. The van der Waals surface area contributed by atoms with E-state index in [1.54, 1.807) is 34.8 Å². The summed E-state index contributed by atoms with van der Waals surface area (Å²) in [5, 5.41) is 8.57. The molecule has 3 rings (SSSR count). The molecule has 0 aliphatic rings. The van der Waals surface area contributed by atoms with Crippen LogP contribution in [0.1, 0.15) is 11.8 Å². The average Bonchev–Trinajstić information content (AvgIpc) is 3.24. The van der Waals surface area contributed by atoms with Crippen molar-refractivity contribution in [2.75, 3.05) is 5.32 Å². The van der Waals surface area contributed by atoms with Crippen LogP contribution in [-0.2, 0) is 4.84 Å². The minimum Gasteiger partial charge on any atom is -0.297 e. The van der Waals surface area contributed by atoms with Gasteiger partial charge >= 0.3 is 6.09 Å². The number of hydrogen-bond donors (Lipinski definition) is 1. The monoisotopic (exact) mass is 342 g/mol. The fraction of sp³-hybridized carbons (Fsp3) is 0.0588. The first-order valence-electron chi connectivity index (χ1n) is 6.94. The number of nitrogens with one attached hydrogen (secondary N) is 1. The van der Waals surface area contributed by atoms with E-state index in [0.717, 1.165) is 4.88 Å². The lowest BCUT2D eigenvalue weighted by molar-refractivity contribution is 0.166. The Labute approximate surface area is 142 Å². The average molecular weight is 342 g/mol. The van der Waals surface area contributed by atoms with E-state index in [1.807, 2.05) is 42.6 Å². The van der Waals surface area contributed by atoms with Crippen LogP contribution in [-0.4, -0.2) is 11.8 Å². The highest BCUT2D eigenvalue weighted by atomic mass is 32.1. The van der Waals surface area contributed by atoms with Crippen molar-refractivity contribution in [1.29, 1.82) is 0 Å². The van der Waals surface area contributed by atoms with E-state index >= 15 is 0 Å². The van der Waals surface area contributed by atoms with E-state index in [4.69, 9.17) is 4.84 Å². The Morgan fingerprint density at radius 1 is 1.04 bits per heavy atom. The fourth-order valence-corrected chi connectivity index (χ4v) is 3.68. The second-order valence-electron chi connectivity index (χ2n) is 4.69. The van der Waals surface area contributed by atoms with Gasteiger partial charge in [0.25, 0.3) is 0 Å². The molecule has 1 aromatic carbocycles. The zero-order valence-corrected chi connectivity index (χ0v) is 14.0. The van der Waals surface area contributed by atoms with Crippen LogP contribution in [0.5, 0.6) is 0 Å². The maximum absolute atomic E-state index is 11.7. The number of benzene rings is 1. The van der Waals surface area contributed by atoms with E-state index in [1.165, 1.54) is 9.75 Å². The van der Waals surface area contributed by atoms with E-state index < -0.39 is 6.09 Å². The van der Waals surface area contributed by atoms with Crippen LogP contribution in [0.15, 0.2) is 65.1 Å². The SMILES string of the molecule is C/C(=N\OC(=O)Nc1ccccc1)c1ccc(-c2cccs2)s1. The molecule has 2 heterocycles. The third-order valence-electron chi connectivity index (χ3n) is 3.01. The van der Waals surface area contributed by atoms with Crippen LogP contribution in [0.3, 0.4) is 0 Å². The zero-order chi connectivity index (χ0) is 16.1. The Balaban J connectivity index is 1.62. The van der Waals surface area contributed by atoms with Crippen LogP contribution in [0.2, 0.25) is 0 Å². The predicted molar refractivity (Wildman–Crippen MR) is 96.4 cm³/mol. The van der Waals surface area contributed by atoms with Crippen LogP contribution in [0.25, 0.3) is 9.75 Å². The van der Waals surface area contributed by atoms with E-state index in [2.05, 4.69) is 22.6 Å². The van der Waals surface area contributed by atoms with Crippen molar-refractivity contribution in [1.82, 2.24) is 0 Å². The van der Waals surface area contributed by atoms with Crippen molar-refractivity contribution in [3.8, 4) is 9.75 Å². The summed E-state index contributed by atoms with van der Waals surface area (Å²) < 4.78 is 0. The molecule has 116 valence electrons. The summed E-state index contributed by atoms with van der Waals surface area (Å²) in [7, 11) is 0. The van der Waals surface area contributed by atoms with E-state index in [-0.39, 0.29) is 0 Å². The maximum Gasteiger partial charge on any atom is 0.437 e. The molecule has 0 saturated heterocycles. The predicted octanol–water partition coefficient (Wildman–Crippen LogP) is 5.45. The molecule has 4 nitrogen and oxygen atoms in total. The first kappa shape index (κ1) is 15.5. The fourth-order valence-electron chi connectivity index (χ4n) is 1.90. The van der Waals surface area contributed by atoms with Crippen molar-refractivity contribution in [2.45, 2.75) is 6.92 Å². The number of carbonyl (C=O) groups is 1. The standard InChI is InChI=1S/C17H14N2O2S2/c1-12(14-9-10-16(23-14)15-8-5-11-22-15)19-21-17(20)18-13-6-3-2-4-7-13/h2-11H,1H3,(H,18,20)/b19-12+. The van der Waals surface area contributed by atoms with Gasteiger partial charge in [-0.15, -0.1) is 22.7 Å². The number of hydrogen-bond acceptors (Lipinski definition) is 5. The second kappa shape index (κ2) is 7.21. The van der Waals surface area contributed by atoms with E-state index in [9.17, 15) is 4.79 Å². The molecule has 6 heteroatoms. The van der Waals surface area contributed by atoms with Crippen molar-refractivity contribution < 1.29 is 9.63 Å². The number of oxime groups is 1. The molecule has 23 heavy (non-hydrogen) atoms. The Hall–Kier alpha value is -2.44. The summed E-state index contributed by atoms with van der Waals surface area (Å²) in [5.41, 5.74) is 1.34. The molecule has 3 aromatic rings. The lowest BCUT2D eigenvalue weighted by Crippen LogP contribution is -2.11. The van der Waals surface area contributed by atoms with Crippen molar-refractivity contribution in [3.05, 3.63) is 64.9 Å². The summed E-state index contributed by atoms with van der Waals surface area (Å²) in [6.45, 7) is 1.82. The highest BCUT2D eigenvalue weighted by Crippen LogP contribution is 2.31. The lowest BCUT2D eigenvalue weighted by Gasteiger charge is -2.02. The summed E-state index contributed by atoms with van der Waals surface area (Å²) in [5.74, 6) is 0. The van der Waals surface area contributed by atoms with Gasteiger partial charge in [0.1, 0.15) is 0 Å². The van der Waals surface area contributed by atoms with Crippen LogP contribution in [0, 0.1) is 0 Å². The van der Waals surface area contributed by atoms with Gasteiger partial charge in [0, 0.05) is 15.4 Å². The van der Waals surface area contributed by atoms with Gasteiger partial charge in [0.05, 0.1) is 10.6 Å². The number of rotatable bonds is 4. The Kier molecular flexibility index (Phi) is 4.85. The molecule has 0 unspecified atom stereocenters. The van der Waals surface area contributed by atoms with Gasteiger partial charge < -0.3 is 0 Å². The Morgan fingerprint density at radius 2 is 1.87 bits per heavy atom. The third-order valence-corrected chi connectivity index (χ3v) is 5.27. The molecule has 0 aliphatic heterocycles. The van der Waals surface area contributed by atoms with Crippen LogP contribution < -0.4 is 5.32 Å². The molecule has 0 atom stereocenters. The van der Waals surface area contributed by atoms with Crippen molar-refractivity contribution in [3.63, 3.8) is 0 Å². The van der Waals surface area contributed by atoms with Crippen LogP contribution in [0.4, 0.5) is 10.5 Å². The van der Waals surface area contributed by atoms with Crippen LogP contribution >= 0.6 is 22.7 Å². The lowest BCUT2D eigenvalue weighted by atomic mass is 10.3. The summed E-state index contributed by atoms with van der Waals surface area (Å²) in [6.07, 6.45) is -0.606. The van der Waals surface area contributed by atoms with Gasteiger partial charge in [-0.05, 0) is 42.6 Å². The largest absolute Gasteiger partial charge is 0.437 e. The van der Waals surface area contributed by atoms with Gasteiger partial charge in [-0.1, -0.05) is 29.4 Å². The van der Waals surface area contributed by atoms with Gasteiger partial charge in [-0.2, -0.15) is 0 Å². The Bertz CT molecular complexity index is 808. The first-order chi connectivity index (χ1) is 11.2. The second-order valence-corrected chi connectivity index (χ2v) is 6.72. The minimum atomic E-state index is -0.606. The third kappa shape index (κ3) is 4.06. The maximum atomic E-state index is 11.7. The van der Waals surface area contributed by atoms with Gasteiger partial charge in [-0.25, -0.2) is 4.79 Å². The first-order valence-corrected chi connectivity index (χ1v) is 8.64. The minimum absolute atomic E-state index is 0.606. The highest BCUT2D eigenvalue weighted by Gasteiger charge is 2.08. The normalized spacial score (nSPS) is 11.3. The number of nitrogens with zero attached hydrogens (tertiary/aromatic N) is 1. The smallest absolute Gasteiger partial charge is 0.297 e. The molecular weight excluding hydrogens is 328 g/mol. The molecule has 0 bridgehead atoms. The number of amides is 1. The quantitative estimate of drug-likeness (QED) is 0.389. The number of carbonyl (C=O) groups excluding carboxylic acids is 1. The number of para-hydroxylation sites is 1. The summed E-state index contributed by atoms with van der Waals surface area (Å²) in [4.78, 5) is 20.0.